The van der Waals surface area contributed by atoms with Crippen LogP contribution < -0.4 is 4.90 Å². The zero-order valence-electron chi connectivity index (χ0n) is 17.4. The second-order valence-corrected chi connectivity index (χ2v) is 8.91. The van der Waals surface area contributed by atoms with Gasteiger partial charge in [-0.2, -0.15) is 0 Å². The largest absolute Gasteiger partial charge is 0.390 e. The minimum absolute atomic E-state index is 0.0810. The first kappa shape index (κ1) is 22.1. The second kappa shape index (κ2) is 9.28. The second-order valence-electron chi connectivity index (χ2n) is 7.61. The summed E-state index contributed by atoms with van der Waals surface area (Å²) in [6, 6.07) is 8.48. The summed E-state index contributed by atoms with van der Waals surface area (Å²) in [4.78, 5) is 15.2. The first-order valence-electron chi connectivity index (χ1n) is 10.3. The normalized spacial score (nSPS) is 15.2. The van der Waals surface area contributed by atoms with E-state index in [1.54, 1.807) is 5.38 Å². The molecule has 0 aliphatic carbocycles. The Morgan fingerprint density at radius 1 is 1.18 bits per heavy atom. The number of aliphatic hydroxyl groups is 2. The number of fused-ring (bicyclic) bond motifs is 1. The van der Waals surface area contributed by atoms with Crippen LogP contribution in [0.2, 0.25) is 5.02 Å². The van der Waals surface area contributed by atoms with Crippen LogP contribution in [-0.4, -0.2) is 51.5 Å². The minimum Gasteiger partial charge on any atom is -0.390 e. The Hall–Kier alpha value is -2.69. The van der Waals surface area contributed by atoms with Crippen molar-refractivity contribution in [3.8, 4) is 11.3 Å². The van der Waals surface area contributed by atoms with Crippen LogP contribution in [0.3, 0.4) is 0 Å². The van der Waals surface area contributed by atoms with Crippen molar-refractivity contribution in [3.63, 3.8) is 0 Å². The number of benzene rings is 2. The van der Waals surface area contributed by atoms with Gasteiger partial charge in [-0.1, -0.05) is 11.6 Å². The maximum atomic E-state index is 15.0. The number of aromatic nitrogens is 3. The summed E-state index contributed by atoms with van der Waals surface area (Å²) in [5, 5.41) is 22.9. The fourth-order valence-corrected chi connectivity index (χ4v) is 4.95. The van der Waals surface area contributed by atoms with Crippen molar-refractivity contribution < 1.29 is 19.3 Å². The molecule has 4 aromatic rings. The van der Waals surface area contributed by atoms with Crippen LogP contribution in [0.5, 0.6) is 0 Å². The maximum Gasteiger partial charge on any atom is 0.134 e. The lowest BCUT2D eigenvalue weighted by molar-refractivity contribution is 0.122. The standard InChI is InChI=1S/C23H20ClFN4O3S/c24-18-9-19(25)17(8-16(18)22(31)23-28-13(10-30)11-33-23)21-15-2-1-14(7-20(15)26-12-27-21)29-3-5-32-6-4-29/h1-2,7-9,11-12,22,30-31H,3-6,10H2/t22-/m1/s1. The Balaban J connectivity index is 1.57. The molecule has 0 saturated carbocycles. The van der Waals surface area contributed by atoms with Gasteiger partial charge >= 0.3 is 0 Å². The number of hydrogen-bond donors (Lipinski definition) is 2. The van der Waals surface area contributed by atoms with Gasteiger partial charge < -0.3 is 19.8 Å². The summed E-state index contributed by atoms with van der Waals surface area (Å²) in [7, 11) is 0. The Kier molecular flexibility index (Phi) is 6.22. The molecule has 0 unspecified atom stereocenters. The van der Waals surface area contributed by atoms with Crippen molar-refractivity contribution in [2.24, 2.45) is 0 Å². The molecule has 0 amide bonds. The molecule has 3 heterocycles. The third-order valence-electron chi connectivity index (χ3n) is 5.60. The van der Waals surface area contributed by atoms with E-state index in [4.69, 9.17) is 16.3 Å². The smallest absolute Gasteiger partial charge is 0.134 e. The Bertz CT molecular complexity index is 1310. The lowest BCUT2D eigenvalue weighted by Gasteiger charge is -2.29. The number of hydrogen-bond acceptors (Lipinski definition) is 8. The van der Waals surface area contributed by atoms with E-state index >= 15 is 4.39 Å². The van der Waals surface area contributed by atoms with Crippen molar-refractivity contribution in [2.75, 3.05) is 31.2 Å². The van der Waals surface area contributed by atoms with Crippen LogP contribution in [0.15, 0.2) is 42.0 Å². The minimum atomic E-state index is -1.16. The van der Waals surface area contributed by atoms with Gasteiger partial charge in [0.05, 0.1) is 36.7 Å². The highest BCUT2D eigenvalue weighted by Crippen LogP contribution is 2.37. The average molecular weight is 487 g/mol. The van der Waals surface area contributed by atoms with Gasteiger partial charge in [-0.15, -0.1) is 11.3 Å². The average Bonchev–Trinajstić information content (AvgIpc) is 3.33. The molecule has 0 radical (unpaired) electrons. The van der Waals surface area contributed by atoms with E-state index in [0.29, 0.717) is 46.1 Å². The van der Waals surface area contributed by atoms with Gasteiger partial charge in [-0.25, -0.2) is 19.3 Å². The molecule has 1 aliphatic heterocycles. The van der Waals surface area contributed by atoms with E-state index in [2.05, 4.69) is 19.9 Å². The molecule has 1 fully saturated rings. The summed E-state index contributed by atoms with van der Waals surface area (Å²) in [5.74, 6) is -0.552. The lowest BCUT2D eigenvalue weighted by atomic mass is 10.0. The molecular formula is C23H20ClFN4O3S. The molecule has 1 saturated heterocycles. The van der Waals surface area contributed by atoms with E-state index in [-0.39, 0.29) is 17.2 Å². The number of nitrogens with zero attached hydrogens (tertiary/aromatic N) is 4. The lowest BCUT2D eigenvalue weighted by Crippen LogP contribution is -2.36. The number of anilines is 1. The molecule has 1 aliphatic rings. The summed E-state index contributed by atoms with van der Waals surface area (Å²) in [5.41, 5.74) is 3.08. The van der Waals surface area contributed by atoms with Gasteiger partial charge in [-0.05, 0) is 30.3 Å². The van der Waals surface area contributed by atoms with E-state index in [0.717, 1.165) is 18.8 Å². The van der Waals surface area contributed by atoms with Crippen molar-refractivity contribution in [2.45, 2.75) is 12.7 Å². The number of aliphatic hydroxyl groups excluding tert-OH is 2. The van der Waals surface area contributed by atoms with Gasteiger partial charge in [0.2, 0.25) is 0 Å². The van der Waals surface area contributed by atoms with Gasteiger partial charge in [0, 0.05) is 45.7 Å². The van der Waals surface area contributed by atoms with Gasteiger partial charge in [0.1, 0.15) is 23.3 Å². The summed E-state index contributed by atoms with van der Waals surface area (Å²) in [6.07, 6.45) is 0.238. The van der Waals surface area contributed by atoms with E-state index < -0.39 is 11.9 Å². The highest BCUT2D eigenvalue weighted by molar-refractivity contribution is 7.09. The van der Waals surface area contributed by atoms with Crippen molar-refractivity contribution in [1.29, 1.82) is 0 Å². The van der Waals surface area contributed by atoms with Gasteiger partial charge in [0.15, 0.2) is 0 Å². The SMILES string of the molecule is OCc1csc([C@H](O)c2cc(-c3ncnc4cc(N5CCOCC5)ccc34)c(F)cc2Cl)n1. The summed E-state index contributed by atoms with van der Waals surface area (Å²) in [6.45, 7) is 2.71. The first-order chi connectivity index (χ1) is 16.0. The maximum absolute atomic E-state index is 15.0. The van der Waals surface area contributed by atoms with Crippen LogP contribution in [0.25, 0.3) is 22.2 Å². The Morgan fingerprint density at radius 2 is 2.00 bits per heavy atom. The van der Waals surface area contributed by atoms with Crippen LogP contribution >= 0.6 is 22.9 Å². The Morgan fingerprint density at radius 3 is 2.76 bits per heavy atom. The molecule has 2 N–H and O–H groups in total. The molecule has 2 aromatic heterocycles. The Labute approximate surface area is 198 Å². The summed E-state index contributed by atoms with van der Waals surface area (Å²) < 4.78 is 20.5. The van der Waals surface area contributed by atoms with E-state index in [9.17, 15) is 10.2 Å². The predicted molar refractivity (Wildman–Crippen MR) is 125 cm³/mol. The number of rotatable bonds is 5. The number of morpholine rings is 1. The zero-order valence-corrected chi connectivity index (χ0v) is 19.0. The van der Waals surface area contributed by atoms with Crippen molar-refractivity contribution in [3.05, 3.63) is 69.1 Å². The molecule has 2 aromatic carbocycles. The highest BCUT2D eigenvalue weighted by atomic mass is 35.5. The van der Waals surface area contributed by atoms with Gasteiger partial charge in [-0.3, -0.25) is 0 Å². The van der Waals surface area contributed by atoms with Crippen LogP contribution in [0, 0.1) is 5.82 Å². The monoisotopic (exact) mass is 486 g/mol. The fourth-order valence-electron chi connectivity index (χ4n) is 3.89. The van der Waals surface area contributed by atoms with Crippen LogP contribution in [0.4, 0.5) is 10.1 Å². The third kappa shape index (κ3) is 4.30. The topological polar surface area (TPSA) is 91.6 Å². The van der Waals surface area contributed by atoms with E-state index in [1.807, 2.05) is 18.2 Å². The molecular weight excluding hydrogens is 467 g/mol. The number of ether oxygens (including phenoxy) is 1. The van der Waals surface area contributed by atoms with Crippen molar-refractivity contribution >= 4 is 39.5 Å². The molecule has 0 bridgehead atoms. The van der Waals surface area contributed by atoms with Crippen LogP contribution in [-0.2, 0) is 11.3 Å². The molecule has 7 nitrogen and oxygen atoms in total. The van der Waals surface area contributed by atoms with E-state index in [1.165, 1.54) is 29.8 Å². The molecule has 170 valence electrons. The molecule has 0 spiro atoms. The molecule has 10 heteroatoms. The first-order valence-corrected chi connectivity index (χ1v) is 11.6. The molecule has 33 heavy (non-hydrogen) atoms. The molecule has 5 rings (SSSR count). The molecule has 1 atom stereocenters. The van der Waals surface area contributed by atoms with Crippen LogP contribution in [0.1, 0.15) is 22.4 Å². The summed E-state index contributed by atoms with van der Waals surface area (Å²) >= 11 is 7.48. The van der Waals surface area contributed by atoms with Gasteiger partial charge in [0.25, 0.3) is 0 Å². The highest BCUT2D eigenvalue weighted by Gasteiger charge is 2.22. The van der Waals surface area contributed by atoms with Crippen molar-refractivity contribution in [1.82, 2.24) is 15.0 Å². The predicted octanol–water partition coefficient (Wildman–Crippen LogP) is 3.96. The number of thiazole rings is 1. The quantitative estimate of drug-likeness (QED) is 0.441. The fraction of sp³-hybridized carbons (Fsp3) is 0.261. The third-order valence-corrected chi connectivity index (χ3v) is 6.87. The number of halogens is 2. The zero-order chi connectivity index (χ0) is 22.9.